The number of carbonyl (C=O) groups excluding carboxylic acids is 2. The van der Waals surface area contributed by atoms with E-state index in [0.717, 1.165) is 0 Å². The number of furan rings is 1. The van der Waals surface area contributed by atoms with Crippen molar-refractivity contribution < 1.29 is 14.0 Å². The van der Waals surface area contributed by atoms with E-state index in [9.17, 15) is 9.59 Å². The van der Waals surface area contributed by atoms with Crippen LogP contribution in [0, 0.1) is 12.8 Å². The Morgan fingerprint density at radius 1 is 1.43 bits per heavy atom. The molecule has 1 aliphatic rings. The lowest BCUT2D eigenvalue weighted by Gasteiger charge is -2.15. The van der Waals surface area contributed by atoms with Crippen LogP contribution < -0.4 is 10.6 Å². The minimum absolute atomic E-state index is 0.105. The molecular weight excluding hydrogens is 296 g/mol. The molecule has 2 amide bonds. The van der Waals surface area contributed by atoms with Crippen molar-refractivity contribution in [1.82, 2.24) is 15.1 Å². The Labute approximate surface area is 134 Å². The van der Waals surface area contributed by atoms with Crippen LogP contribution >= 0.6 is 0 Å². The van der Waals surface area contributed by atoms with E-state index in [1.807, 2.05) is 4.68 Å². The van der Waals surface area contributed by atoms with Crippen LogP contribution in [0.5, 0.6) is 0 Å². The number of carbonyl (C=O) groups is 2. The summed E-state index contributed by atoms with van der Waals surface area (Å²) in [6.45, 7) is 3.70. The SMILES string of the molecule is Cc1occc1C(=O)NCC(=O)Nc1ccnn1[C@H](C)C1CC1. The Balaban J connectivity index is 1.55. The number of hydrogen-bond acceptors (Lipinski definition) is 4. The maximum atomic E-state index is 12.0. The molecule has 0 bridgehead atoms. The molecule has 0 radical (unpaired) electrons. The van der Waals surface area contributed by atoms with Crippen LogP contribution in [0.1, 0.15) is 41.9 Å². The largest absolute Gasteiger partial charge is 0.469 e. The van der Waals surface area contributed by atoms with Gasteiger partial charge in [-0.25, -0.2) is 4.68 Å². The highest BCUT2D eigenvalue weighted by Crippen LogP contribution is 2.40. The maximum Gasteiger partial charge on any atom is 0.255 e. The first-order valence-electron chi connectivity index (χ1n) is 7.72. The van der Waals surface area contributed by atoms with Crippen LogP contribution in [0.2, 0.25) is 0 Å². The van der Waals surface area contributed by atoms with Gasteiger partial charge in [-0.1, -0.05) is 0 Å². The van der Waals surface area contributed by atoms with E-state index in [1.165, 1.54) is 19.1 Å². The molecule has 0 aliphatic heterocycles. The number of nitrogens with one attached hydrogen (secondary N) is 2. The van der Waals surface area contributed by atoms with Gasteiger partial charge in [-0.05, 0) is 38.7 Å². The fourth-order valence-electron chi connectivity index (χ4n) is 2.58. The summed E-state index contributed by atoms with van der Waals surface area (Å²) < 4.78 is 6.91. The summed E-state index contributed by atoms with van der Waals surface area (Å²) in [6.07, 6.45) is 5.52. The molecule has 3 rings (SSSR count). The monoisotopic (exact) mass is 316 g/mol. The van der Waals surface area contributed by atoms with Gasteiger partial charge in [-0.15, -0.1) is 0 Å². The molecule has 0 spiro atoms. The first-order valence-corrected chi connectivity index (χ1v) is 7.72. The molecule has 122 valence electrons. The Morgan fingerprint density at radius 3 is 2.87 bits per heavy atom. The topological polar surface area (TPSA) is 89.2 Å². The fraction of sp³-hybridized carbons (Fsp3) is 0.438. The minimum atomic E-state index is -0.328. The molecule has 0 saturated heterocycles. The molecule has 1 atom stereocenters. The van der Waals surface area contributed by atoms with Crippen LogP contribution in [-0.4, -0.2) is 28.1 Å². The molecule has 2 aromatic rings. The number of anilines is 1. The van der Waals surface area contributed by atoms with E-state index >= 15 is 0 Å². The van der Waals surface area contributed by atoms with Crippen molar-refractivity contribution in [2.45, 2.75) is 32.7 Å². The zero-order valence-corrected chi connectivity index (χ0v) is 13.2. The van der Waals surface area contributed by atoms with Gasteiger partial charge in [0, 0.05) is 6.07 Å². The molecule has 0 aromatic carbocycles. The smallest absolute Gasteiger partial charge is 0.255 e. The first kappa shape index (κ1) is 15.3. The highest BCUT2D eigenvalue weighted by Gasteiger charge is 2.30. The molecule has 2 aromatic heterocycles. The Bertz CT molecular complexity index is 714. The maximum absolute atomic E-state index is 12.0. The molecule has 2 N–H and O–H groups in total. The second-order valence-corrected chi connectivity index (χ2v) is 5.86. The van der Waals surface area contributed by atoms with E-state index in [0.29, 0.717) is 23.1 Å². The standard InChI is InChI=1S/C16H20N4O3/c1-10(12-3-4-12)20-14(5-7-18-20)19-15(21)9-17-16(22)13-6-8-23-11(13)2/h5-8,10,12H,3-4,9H2,1-2H3,(H,17,22)(H,19,21)/t10-/m1/s1. The van der Waals surface area contributed by atoms with Gasteiger partial charge in [0.25, 0.3) is 5.91 Å². The summed E-state index contributed by atoms with van der Waals surface area (Å²) in [6, 6.07) is 3.61. The molecule has 0 unspecified atom stereocenters. The van der Waals surface area contributed by atoms with Crippen LogP contribution in [-0.2, 0) is 4.79 Å². The van der Waals surface area contributed by atoms with Gasteiger partial charge in [0.15, 0.2) is 0 Å². The van der Waals surface area contributed by atoms with Crippen molar-refractivity contribution in [2.24, 2.45) is 5.92 Å². The number of aryl methyl sites for hydroxylation is 1. The summed E-state index contributed by atoms with van der Waals surface area (Å²) in [5.74, 6) is 1.20. The zero-order chi connectivity index (χ0) is 16.4. The van der Waals surface area contributed by atoms with Crippen molar-refractivity contribution in [3.63, 3.8) is 0 Å². The van der Waals surface area contributed by atoms with Crippen LogP contribution in [0.15, 0.2) is 29.0 Å². The van der Waals surface area contributed by atoms with Gasteiger partial charge in [-0.3, -0.25) is 9.59 Å². The number of hydrogen-bond donors (Lipinski definition) is 2. The molecule has 1 saturated carbocycles. The van der Waals surface area contributed by atoms with Gasteiger partial charge in [0.2, 0.25) is 5.91 Å². The summed E-state index contributed by atoms with van der Waals surface area (Å²) in [4.78, 5) is 24.0. The van der Waals surface area contributed by atoms with Crippen LogP contribution in [0.4, 0.5) is 5.82 Å². The Hall–Kier alpha value is -2.57. The highest BCUT2D eigenvalue weighted by molar-refractivity contribution is 5.99. The van der Waals surface area contributed by atoms with Gasteiger partial charge in [0.05, 0.1) is 30.6 Å². The molecular formula is C16H20N4O3. The minimum Gasteiger partial charge on any atom is -0.469 e. The lowest BCUT2D eigenvalue weighted by atomic mass is 10.2. The lowest BCUT2D eigenvalue weighted by molar-refractivity contribution is -0.115. The quantitative estimate of drug-likeness (QED) is 0.854. The van der Waals surface area contributed by atoms with Crippen LogP contribution in [0.3, 0.4) is 0 Å². The van der Waals surface area contributed by atoms with Gasteiger partial charge in [-0.2, -0.15) is 5.10 Å². The summed E-state index contributed by atoms with van der Waals surface area (Å²) >= 11 is 0. The number of amides is 2. The van der Waals surface area contributed by atoms with Crippen molar-refractivity contribution in [3.8, 4) is 0 Å². The van der Waals surface area contributed by atoms with Gasteiger partial charge < -0.3 is 15.1 Å². The van der Waals surface area contributed by atoms with Crippen molar-refractivity contribution in [1.29, 1.82) is 0 Å². The third-order valence-electron chi connectivity index (χ3n) is 4.14. The summed E-state index contributed by atoms with van der Waals surface area (Å²) in [5, 5.41) is 9.65. The number of rotatable bonds is 6. The second kappa shape index (κ2) is 6.28. The average molecular weight is 316 g/mol. The van der Waals surface area contributed by atoms with Gasteiger partial charge in [0.1, 0.15) is 11.6 Å². The van der Waals surface area contributed by atoms with E-state index in [2.05, 4.69) is 22.7 Å². The van der Waals surface area contributed by atoms with Gasteiger partial charge >= 0.3 is 0 Å². The lowest BCUT2D eigenvalue weighted by Crippen LogP contribution is -2.33. The highest BCUT2D eigenvalue weighted by atomic mass is 16.3. The molecule has 2 heterocycles. The Morgan fingerprint density at radius 2 is 2.22 bits per heavy atom. The summed E-state index contributed by atoms with van der Waals surface area (Å²) in [5.41, 5.74) is 0.435. The van der Waals surface area contributed by atoms with Crippen LogP contribution in [0.25, 0.3) is 0 Å². The summed E-state index contributed by atoms with van der Waals surface area (Å²) in [7, 11) is 0. The normalized spacial score (nSPS) is 15.2. The van der Waals surface area contributed by atoms with E-state index in [1.54, 1.807) is 25.3 Å². The van der Waals surface area contributed by atoms with E-state index in [4.69, 9.17) is 4.42 Å². The predicted molar refractivity (Wildman–Crippen MR) is 84.1 cm³/mol. The van der Waals surface area contributed by atoms with Crippen molar-refractivity contribution >= 4 is 17.6 Å². The van der Waals surface area contributed by atoms with E-state index < -0.39 is 0 Å². The zero-order valence-electron chi connectivity index (χ0n) is 13.2. The Kier molecular flexibility index (Phi) is 4.18. The third kappa shape index (κ3) is 3.44. The predicted octanol–water partition coefficient (Wildman–Crippen LogP) is 2.12. The fourth-order valence-corrected chi connectivity index (χ4v) is 2.58. The molecule has 7 nitrogen and oxygen atoms in total. The number of aromatic nitrogens is 2. The first-order chi connectivity index (χ1) is 11.1. The van der Waals surface area contributed by atoms with E-state index in [-0.39, 0.29) is 24.4 Å². The van der Waals surface area contributed by atoms with Crippen molar-refractivity contribution in [3.05, 3.63) is 35.9 Å². The second-order valence-electron chi connectivity index (χ2n) is 5.86. The van der Waals surface area contributed by atoms with Crippen molar-refractivity contribution in [2.75, 3.05) is 11.9 Å². The molecule has 1 fully saturated rings. The third-order valence-corrected chi connectivity index (χ3v) is 4.14. The number of nitrogens with zero attached hydrogens (tertiary/aromatic N) is 2. The molecule has 23 heavy (non-hydrogen) atoms. The average Bonchev–Trinajstić information content (AvgIpc) is 3.14. The molecule has 1 aliphatic carbocycles. The molecule has 7 heteroatoms.